The van der Waals surface area contributed by atoms with Crippen molar-refractivity contribution in [1.29, 1.82) is 0 Å². The van der Waals surface area contributed by atoms with Gasteiger partial charge in [0.2, 0.25) is 0 Å². The minimum atomic E-state index is -0.277. The molecule has 5 nitrogen and oxygen atoms in total. The first-order valence-electron chi connectivity index (χ1n) is 9.06. The molecular formula is C19H31N3O2. The quantitative estimate of drug-likeness (QED) is 0.741. The van der Waals surface area contributed by atoms with Crippen molar-refractivity contribution in [2.75, 3.05) is 33.8 Å². The van der Waals surface area contributed by atoms with Gasteiger partial charge in [0.25, 0.3) is 0 Å². The second-order valence-corrected chi connectivity index (χ2v) is 7.04. The van der Waals surface area contributed by atoms with E-state index in [-0.39, 0.29) is 5.97 Å². The first-order chi connectivity index (χ1) is 11.6. The molecule has 0 amide bonds. The molecule has 0 radical (unpaired) electrons. The highest BCUT2D eigenvalue weighted by atomic mass is 16.5. The van der Waals surface area contributed by atoms with E-state index in [2.05, 4.69) is 29.3 Å². The van der Waals surface area contributed by atoms with Gasteiger partial charge in [0.15, 0.2) is 0 Å². The zero-order chi connectivity index (χ0) is 17.4. The number of rotatable bonds is 8. The van der Waals surface area contributed by atoms with Crippen LogP contribution >= 0.6 is 0 Å². The summed E-state index contributed by atoms with van der Waals surface area (Å²) in [6.07, 6.45) is 6.96. The summed E-state index contributed by atoms with van der Waals surface area (Å²) >= 11 is 0. The van der Waals surface area contributed by atoms with Crippen LogP contribution in [0, 0.1) is 11.8 Å². The number of ether oxygens (including phenoxy) is 1. The van der Waals surface area contributed by atoms with Crippen LogP contribution in [0.1, 0.15) is 48.7 Å². The average molecular weight is 333 g/mol. The Hall–Kier alpha value is -1.46. The third kappa shape index (κ3) is 6.21. The molecule has 0 unspecified atom stereocenters. The van der Waals surface area contributed by atoms with Gasteiger partial charge in [-0.05, 0) is 77.2 Å². The summed E-state index contributed by atoms with van der Waals surface area (Å²) in [6, 6.07) is 3.52. The molecule has 1 saturated carbocycles. The average Bonchev–Trinajstić information content (AvgIpc) is 2.56. The number of hydrogen-bond acceptors (Lipinski definition) is 5. The van der Waals surface area contributed by atoms with Crippen LogP contribution in [0.5, 0.6) is 0 Å². The van der Waals surface area contributed by atoms with Crippen molar-refractivity contribution in [3.63, 3.8) is 0 Å². The smallest absolute Gasteiger partial charge is 0.338 e. The van der Waals surface area contributed by atoms with E-state index in [1.807, 2.05) is 13.0 Å². The Morgan fingerprint density at radius 1 is 1.29 bits per heavy atom. The standard InChI is InChI=1S/C19H31N3O2/c1-4-24-19(23)17-9-10-21-18(11-17)13-20-12-15-5-7-16(8-6-15)14-22(2)3/h9-11,15-16,20H,4-8,12-14H2,1-3H3. The molecule has 0 atom stereocenters. The van der Waals surface area contributed by atoms with E-state index in [4.69, 9.17) is 4.74 Å². The van der Waals surface area contributed by atoms with Crippen LogP contribution in [0.3, 0.4) is 0 Å². The maximum atomic E-state index is 11.8. The van der Waals surface area contributed by atoms with Gasteiger partial charge in [0.1, 0.15) is 0 Å². The van der Waals surface area contributed by atoms with Gasteiger partial charge in [-0.25, -0.2) is 4.79 Å². The molecule has 1 aromatic rings. The Bertz CT molecular complexity index is 511. The second-order valence-electron chi connectivity index (χ2n) is 7.04. The summed E-state index contributed by atoms with van der Waals surface area (Å²) in [5.74, 6) is 1.34. The number of hydrogen-bond donors (Lipinski definition) is 1. The van der Waals surface area contributed by atoms with Crippen LogP contribution in [0.15, 0.2) is 18.3 Å². The van der Waals surface area contributed by atoms with E-state index in [9.17, 15) is 4.79 Å². The number of esters is 1. The lowest BCUT2D eigenvalue weighted by Crippen LogP contribution is -2.30. The zero-order valence-corrected chi connectivity index (χ0v) is 15.3. The highest BCUT2D eigenvalue weighted by molar-refractivity contribution is 5.89. The topological polar surface area (TPSA) is 54.5 Å². The van der Waals surface area contributed by atoms with Crippen LogP contribution in [0.2, 0.25) is 0 Å². The minimum Gasteiger partial charge on any atom is -0.462 e. The summed E-state index contributed by atoms with van der Waals surface area (Å²) in [5.41, 5.74) is 1.47. The van der Waals surface area contributed by atoms with Gasteiger partial charge in [-0.1, -0.05) is 0 Å². The van der Waals surface area contributed by atoms with Crippen molar-refractivity contribution in [2.45, 2.75) is 39.2 Å². The molecule has 1 aromatic heterocycles. The summed E-state index contributed by atoms with van der Waals surface area (Å²) in [6.45, 7) is 5.15. The molecule has 0 spiro atoms. The van der Waals surface area contributed by atoms with E-state index in [1.54, 1.807) is 12.3 Å². The maximum Gasteiger partial charge on any atom is 0.338 e. The molecule has 1 fully saturated rings. The van der Waals surface area contributed by atoms with Gasteiger partial charge in [-0.15, -0.1) is 0 Å². The Morgan fingerprint density at radius 3 is 2.67 bits per heavy atom. The fourth-order valence-electron chi connectivity index (χ4n) is 3.46. The molecule has 1 N–H and O–H groups in total. The van der Waals surface area contributed by atoms with Gasteiger partial charge >= 0.3 is 5.97 Å². The first-order valence-corrected chi connectivity index (χ1v) is 9.06. The Morgan fingerprint density at radius 2 is 2.00 bits per heavy atom. The van der Waals surface area contributed by atoms with E-state index < -0.39 is 0 Å². The van der Waals surface area contributed by atoms with Crippen molar-refractivity contribution in [1.82, 2.24) is 15.2 Å². The zero-order valence-electron chi connectivity index (χ0n) is 15.3. The number of nitrogens with one attached hydrogen (secondary N) is 1. The lowest BCUT2D eigenvalue weighted by molar-refractivity contribution is 0.0526. The molecule has 0 aliphatic heterocycles. The predicted molar refractivity (Wildman–Crippen MR) is 95.9 cm³/mol. The molecule has 24 heavy (non-hydrogen) atoms. The number of aromatic nitrogens is 1. The number of carbonyl (C=O) groups excluding carboxylic acids is 1. The molecule has 1 heterocycles. The van der Waals surface area contributed by atoms with Gasteiger partial charge in [0.05, 0.1) is 17.9 Å². The first kappa shape index (κ1) is 18.9. The van der Waals surface area contributed by atoms with Crippen molar-refractivity contribution < 1.29 is 9.53 Å². The van der Waals surface area contributed by atoms with Gasteiger partial charge < -0.3 is 15.0 Å². The van der Waals surface area contributed by atoms with Crippen LogP contribution in [0.25, 0.3) is 0 Å². The third-order valence-electron chi connectivity index (χ3n) is 4.66. The summed E-state index contributed by atoms with van der Waals surface area (Å²) in [5, 5.41) is 3.50. The SMILES string of the molecule is CCOC(=O)c1ccnc(CNCC2CCC(CN(C)C)CC2)c1. The monoisotopic (exact) mass is 333 g/mol. The number of nitrogens with zero attached hydrogens (tertiary/aromatic N) is 2. The molecule has 1 aliphatic carbocycles. The molecule has 0 aromatic carbocycles. The Labute approximate surface area is 145 Å². The number of carbonyl (C=O) groups is 1. The van der Waals surface area contributed by atoms with Gasteiger partial charge in [-0.3, -0.25) is 4.98 Å². The van der Waals surface area contributed by atoms with Gasteiger partial charge in [-0.2, -0.15) is 0 Å². The highest BCUT2D eigenvalue weighted by Gasteiger charge is 2.21. The van der Waals surface area contributed by atoms with Gasteiger partial charge in [0, 0.05) is 19.3 Å². The fourth-order valence-corrected chi connectivity index (χ4v) is 3.46. The Kier molecular flexibility index (Phi) is 7.66. The van der Waals surface area contributed by atoms with Crippen LogP contribution in [0.4, 0.5) is 0 Å². The van der Waals surface area contributed by atoms with Crippen molar-refractivity contribution in [3.8, 4) is 0 Å². The molecule has 134 valence electrons. The largest absolute Gasteiger partial charge is 0.462 e. The molecule has 0 saturated heterocycles. The van der Waals surface area contributed by atoms with Crippen molar-refractivity contribution in [2.24, 2.45) is 11.8 Å². The molecule has 5 heteroatoms. The number of pyridine rings is 1. The summed E-state index contributed by atoms with van der Waals surface area (Å²) in [7, 11) is 4.32. The minimum absolute atomic E-state index is 0.277. The van der Waals surface area contributed by atoms with Crippen LogP contribution in [-0.2, 0) is 11.3 Å². The van der Waals surface area contributed by atoms with Crippen LogP contribution in [-0.4, -0.2) is 49.6 Å². The lowest BCUT2D eigenvalue weighted by atomic mass is 9.82. The second kappa shape index (κ2) is 9.74. The predicted octanol–water partition coefficient (Wildman–Crippen LogP) is 2.72. The van der Waals surface area contributed by atoms with Crippen LogP contribution < -0.4 is 5.32 Å². The normalized spacial score (nSPS) is 21.0. The molecular weight excluding hydrogens is 302 g/mol. The fraction of sp³-hybridized carbons (Fsp3) is 0.684. The van der Waals surface area contributed by atoms with Crippen molar-refractivity contribution in [3.05, 3.63) is 29.6 Å². The van der Waals surface area contributed by atoms with E-state index in [0.717, 1.165) is 24.1 Å². The van der Waals surface area contributed by atoms with E-state index >= 15 is 0 Å². The van der Waals surface area contributed by atoms with Crippen molar-refractivity contribution >= 4 is 5.97 Å². The summed E-state index contributed by atoms with van der Waals surface area (Å²) < 4.78 is 5.03. The Balaban J connectivity index is 1.71. The molecule has 2 rings (SSSR count). The van der Waals surface area contributed by atoms with E-state index in [1.165, 1.54) is 32.2 Å². The maximum absolute atomic E-state index is 11.8. The highest BCUT2D eigenvalue weighted by Crippen LogP contribution is 2.28. The lowest BCUT2D eigenvalue weighted by Gasteiger charge is -2.30. The molecule has 1 aliphatic rings. The third-order valence-corrected chi connectivity index (χ3v) is 4.66. The summed E-state index contributed by atoms with van der Waals surface area (Å²) in [4.78, 5) is 18.4. The molecule has 0 bridgehead atoms. The van der Waals surface area contributed by atoms with E-state index in [0.29, 0.717) is 18.7 Å².